The largest absolute Gasteiger partial charge is 0.256 e. The maximum absolute atomic E-state index is 4.54. The van der Waals surface area contributed by atoms with Gasteiger partial charge in [0.15, 0.2) is 0 Å². The van der Waals surface area contributed by atoms with E-state index >= 15 is 0 Å². The molecule has 1 heterocycles. The van der Waals surface area contributed by atoms with Gasteiger partial charge in [0.2, 0.25) is 0 Å². The van der Waals surface area contributed by atoms with Crippen molar-refractivity contribution in [1.29, 1.82) is 0 Å². The van der Waals surface area contributed by atoms with E-state index in [-0.39, 0.29) is 0 Å². The highest BCUT2D eigenvalue weighted by Gasteiger charge is 2.03. The molecule has 1 heteroatoms. The third kappa shape index (κ3) is 3.19. The van der Waals surface area contributed by atoms with E-state index in [0.29, 0.717) is 0 Å². The van der Waals surface area contributed by atoms with Crippen molar-refractivity contribution in [2.75, 3.05) is 0 Å². The van der Waals surface area contributed by atoms with Crippen LogP contribution in [0.5, 0.6) is 0 Å². The van der Waals surface area contributed by atoms with Gasteiger partial charge in [-0.05, 0) is 41.3 Å². The molecule has 0 saturated carbocycles. The van der Waals surface area contributed by atoms with Gasteiger partial charge in [0.1, 0.15) is 0 Å². The number of hydrogen-bond acceptors (Lipinski definition) is 1. The molecule has 0 atom stereocenters. The molecule has 1 aromatic heterocycles. The minimum atomic E-state index is 1.04. The fraction of sp³-hybridized carbons (Fsp3) is 0.150. The number of benzene rings is 2. The summed E-state index contributed by atoms with van der Waals surface area (Å²) in [6.45, 7) is 2.21. The fourth-order valence-corrected chi connectivity index (χ4v) is 2.57. The first kappa shape index (κ1) is 13.6. The molecule has 0 aliphatic rings. The summed E-state index contributed by atoms with van der Waals surface area (Å²) in [4.78, 5) is 4.54. The lowest BCUT2D eigenvalue weighted by Crippen LogP contribution is -1.88. The maximum atomic E-state index is 4.54. The van der Waals surface area contributed by atoms with Crippen molar-refractivity contribution in [3.63, 3.8) is 0 Å². The fourth-order valence-electron chi connectivity index (χ4n) is 2.57. The van der Waals surface area contributed by atoms with Gasteiger partial charge in [-0.3, -0.25) is 4.98 Å². The highest BCUT2D eigenvalue weighted by molar-refractivity contribution is 5.70. The van der Waals surface area contributed by atoms with Crippen molar-refractivity contribution < 1.29 is 0 Å². The van der Waals surface area contributed by atoms with E-state index in [9.17, 15) is 0 Å². The summed E-state index contributed by atoms with van der Waals surface area (Å²) >= 11 is 0. The smallest absolute Gasteiger partial charge is 0.0708 e. The normalized spacial score (nSPS) is 10.5. The van der Waals surface area contributed by atoms with Crippen LogP contribution in [0.3, 0.4) is 0 Å². The molecule has 0 spiro atoms. The first-order valence-electron chi connectivity index (χ1n) is 7.47. The van der Waals surface area contributed by atoms with Crippen LogP contribution in [0.4, 0.5) is 0 Å². The Labute approximate surface area is 126 Å². The minimum absolute atomic E-state index is 1.04. The Morgan fingerprint density at radius 2 is 1.57 bits per heavy atom. The third-order valence-corrected chi connectivity index (χ3v) is 3.63. The van der Waals surface area contributed by atoms with Crippen molar-refractivity contribution in [3.05, 3.63) is 78.5 Å². The topological polar surface area (TPSA) is 12.9 Å². The van der Waals surface area contributed by atoms with Crippen molar-refractivity contribution >= 4 is 0 Å². The monoisotopic (exact) mass is 273 g/mol. The van der Waals surface area contributed by atoms with Crippen LogP contribution in [0, 0.1) is 0 Å². The van der Waals surface area contributed by atoms with E-state index in [4.69, 9.17) is 0 Å². The van der Waals surface area contributed by atoms with Gasteiger partial charge in [-0.2, -0.15) is 0 Å². The number of rotatable bonds is 4. The number of nitrogens with zero attached hydrogens (tertiary/aromatic N) is 1. The number of pyridine rings is 1. The Morgan fingerprint density at radius 1 is 0.762 bits per heavy atom. The molecule has 0 aliphatic heterocycles. The lowest BCUT2D eigenvalue weighted by Gasteiger charge is -2.07. The van der Waals surface area contributed by atoms with Crippen LogP contribution in [0.2, 0.25) is 0 Å². The van der Waals surface area contributed by atoms with Gasteiger partial charge in [0.25, 0.3) is 0 Å². The lowest BCUT2D eigenvalue weighted by atomic mass is 10.0. The van der Waals surface area contributed by atoms with Gasteiger partial charge in [-0.25, -0.2) is 0 Å². The summed E-state index contributed by atoms with van der Waals surface area (Å²) in [7, 11) is 0. The molecule has 0 N–H and O–H groups in total. The van der Waals surface area contributed by atoms with Crippen LogP contribution >= 0.6 is 0 Å². The standard InChI is InChI=1S/C20H19N/c1-2-7-16-8-6-11-19(14-16)20-15-18(12-13-21-20)17-9-4-3-5-10-17/h3-6,8-15H,2,7H2,1H3. The second kappa shape index (κ2) is 6.36. The van der Waals surface area contributed by atoms with E-state index in [0.717, 1.165) is 12.1 Å². The van der Waals surface area contributed by atoms with E-state index in [1.807, 2.05) is 12.3 Å². The zero-order valence-corrected chi connectivity index (χ0v) is 12.3. The highest BCUT2D eigenvalue weighted by atomic mass is 14.7. The molecular weight excluding hydrogens is 254 g/mol. The van der Waals surface area contributed by atoms with Crippen LogP contribution in [-0.2, 0) is 6.42 Å². The van der Waals surface area contributed by atoms with E-state index in [1.54, 1.807) is 0 Å². The summed E-state index contributed by atoms with van der Waals surface area (Å²) in [6, 6.07) is 23.4. The quantitative estimate of drug-likeness (QED) is 0.623. The second-order valence-corrected chi connectivity index (χ2v) is 5.25. The Hall–Kier alpha value is -2.41. The molecule has 21 heavy (non-hydrogen) atoms. The summed E-state index contributed by atoms with van der Waals surface area (Å²) in [5.41, 5.74) is 6.04. The van der Waals surface area contributed by atoms with E-state index < -0.39 is 0 Å². The van der Waals surface area contributed by atoms with Crippen molar-refractivity contribution in [1.82, 2.24) is 4.98 Å². The molecule has 0 unspecified atom stereocenters. The SMILES string of the molecule is CCCc1cccc(-c2cc(-c3ccccc3)ccn2)c1. The second-order valence-electron chi connectivity index (χ2n) is 5.25. The Morgan fingerprint density at radius 3 is 2.38 bits per heavy atom. The molecule has 1 nitrogen and oxygen atoms in total. The average Bonchev–Trinajstić information content (AvgIpc) is 2.56. The first-order valence-corrected chi connectivity index (χ1v) is 7.47. The Bertz CT molecular complexity index is 717. The predicted molar refractivity (Wildman–Crippen MR) is 89.1 cm³/mol. The van der Waals surface area contributed by atoms with Gasteiger partial charge in [-0.15, -0.1) is 0 Å². The molecule has 104 valence electrons. The lowest BCUT2D eigenvalue weighted by molar-refractivity contribution is 0.922. The van der Waals surface area contributed by atoms with Crippen molar-refractivity contribution in [2.45, 2.75) is 19.8 Å². The van der Waals surface area contributed by atoms with E-state index in [2.05, 4.69) is 72.6 Å². The molecule has 3 aromatic rings. The number of aromatic nitrogens is 1. The maximum Gasteiger partial charge on any atom is 0.0708 e. The molecule has 3 rings (SSSR count). The zero-order valence-electron chi connectivity index (χ0n) is 12.3. The molecule has 2 aromatic carbocycles. The van der Waals surface area contributed by atoms with Crippen LogP contribution in [0.25, 0.3) is 22.4 Å². The van der Waals surface area contributed by atoms with Crippen LogP contribution in [0.1, 0.15) is 18.9 Å². The summed E-state index contributed by atoms with van der Waals surface area (Å²) in [5, 5.41) is 0. The van der Waals surface area contributed by atoms with Crippen LogP contribution in [-0.4, -0.2) is 4.98 Å². The Kier molecular flexibility index (Phi) is 4.11. The molecule has 0 bridgehead atoms. The molecule has 0 radical (unpaired) electrons. The van der Waals surface area contributed by atoms with Crippen LogP contribution in [0.15, 0.2) is 72.9 Å². The number of hydrogen-bond donors (Lipinski definition) is 0. The first-order chi connectivity index (χ1) is 10.4. The molecule has 0 aliphatic carbocycles. The molecule has 0 saturated heterocycles. The molecule has 0 amide bonds. The molecular formula is C20H19N. The highest BCUT2D eigenvalue weighted by Crippen LogP contribution is 2.25. The minimum Gasteiger partial charge on any atom is -0.256 e. The zero-order chi connectivity index (χ0) is 14.5. The summed E-state index contributed by atoms with van der Waals surface area (Å²) in [5.74, 6) is 0. The van der Waals surface area contributed by atoms with Gasteiger partial charge in [0.05, 0.1) is 5.69 Å². The molecule has 0 fully saturated rings. The summed E-state index contributed by atoms with van der Waals surface area (Å²) < 4.78 is 0. The predicted octanol–water partition coefficient (Wildman–Crippen LogP) is 5.37. The number of aryl methyl sites for hydroxylation is 1. The van der Waals surface area contributed by atoms with Gasteiger partial charge < -0.3 is 0 Å². The van der Waals surface area contributed by atoms with Gasteiger partial charge in [-0.1, -0.05) is 61.9 Å². The van der Waals surface area contributed by atoms with E-state index in [1.165, 1.54) is 28.7 Å². The van der Waals surface area contributed by atoms with Gasteiger partial charge in [0, 0.05) is 11.8 Å². The summed E-state index contributed by atoms with van der Waals surface area (Å²) in [6.07, 6.45) is 4.18. The van der Waals surface area contributed by atoms with Crippen molar-refractivity contribution in [2.24, 2.45) is 0 Å². The van der Waals surface area contributed by atoms with Gasteiger partial charge >= 0.3 is 0 Å². The van der Waals surface area contributed by atoms with Crippen LogP contribution < -0.4 is 0 Å². The Balaban J connectivity index is 1.98. The van der Waals surface area contributed by atoms with Crippen molar-refractivity contribution in [3.8, 4) is 22.4 Å². The average molecular weight is 273 g/mol. The third-order valence-electron chi connectivity index (χ3n) is 3.63.